The van der Waals surface area contributed by atoms with Crippen LogP contribution in [0.25, 0.3) is 0 Å². The number of carbonyl (C=O) groups is 1. The molecule has 0 saturated heterocycles. The Morgan fingerprint density at radius 1 is 1.44 bits per heavy atom. The topological polar surface area (TPSA) is 26.3 Å². The molecule has 0 spiro atoms. The molecule has 0 heterocycles. The zero-order valence-electron chi connectivity index (χ0n) is 8.47. The molecule has 0 saturated carbocycles. The molecule has 0 amide bonds. The van der Waals surface area contributed by atoms with Crippen molar-refractivity contribution >= 4 is 5.78 Å². The van der Waals surface area contributed by atoms with Crippen molar-refractivity contribution in [1.29, 1.82) is 0 Å². The van der Waals surface area contributed by atoms with Crippen molar-refractivity contribution in [3.05, 3.63) is 42.0 Å². The molecule has 86 valence electrons. The number of ketones is 1. The normalized spacial score (nSPS) is 11.0. The van der Waals surface area contributed by atoms with E-state index < -0.39 is 17.5 Å². The van der Waals surface area contributed by atoms with Crippen LogP contribution in [0.3, 0.4) is 0 Å². The summed E-state index contributed by atoms with van der Waals surface area (Å²) >= 11 is 0. The fourth-order valence-electron chi connectivity index (χ4n) is 1.19. The Bertz CT molecular complexity index is 422. The summed E-state index contributed by atoms with van der Waals surface area (Å²) in [5, 5.41) is 0. The maximum atomic E-state index is 12.4. The van der Waals surface area contributed by atoms with E-state index in [1.807, 2.05) is 0 Å². The molecule has 2 nitrogen and oxygen atoms in total. The van der Waals surface area contributed by atoms with Crippen LogP contribution in [0.15, 0.2) is 30.9 Å². The first kappa shape index (κ1) is 12.3. The van der Waals surface area contributed by atoms with Crippen molar-refractivity contribution in [2.75, 3.05) is 7.11 Å². The lowest BCUT2D eigenvalue weighted by Crippen LogP contribution is -2.08. The number of hydrogen-bond acceptors (Lipinski definition) is 2. The number of methoxy groups -OCH3 is 1. The zero-order chi connectivity index (χ0) is 12.3. The second-order valence-electron chi connectivity index (χ2n) is 2.98. The van der Waals surface area contributed by atoms with Crippen LogP contribution in [0.1, 0.15) is 15.9 Å². The highest BCUT2D eigenvalue weighted by Gasteiger charge is 2.31. The summed E-state index contributed by atoms with van der Waals surface area (Å²) in [6.07, 6.45) is -3.54. The highest BCUT2D eigenvalue weighted by Crippen LogP contribution is 2.32. The molecule has 1 rings (SSSR count). The van der Waals surface area contributed by atoms with Gasteiger partial charge in [0.05, 0.1) is 18.2 Å². The summed E-state index contributed by atoms with van der Waals surface area (Å²) in [5.41, 5.74) is -1.04. The molecular formula is C11H9F3O2. The Labute approximate surface area is 90.3 Å². The summed E-state index contributed by atoms with van der Waals surface area (Å²) in [7, 11) is 1.28. The van der Waals surface area contributed by atoms with Crippen LogP contribution in [0.5, 0.6) is 5.75 Å². The van der Waals surface area contributed by atoms with Crippen molar-refractivity contribution < 1.29 is 22.7 Å². The summed E-state index contributed by atoms with van der Waals surface area (Å²) in [5.74, 6) is -0.513. The molecule has 0 aliphatic rings. The predicted molar refractivity (Wildman–Crippen MR) is 52.5 cm³/mol. The van der Waals surface area contributed by atoms with E-state index in [9.17, 15) is 18.0 Å². The fourth-order valence-corrected chi connectivity index (χ4v) is 1.19. The van der Waals surface area contributed by atoms with Crippen molar-refractivity contribution in [3.63, 3.8) is 0 Å². The zero-order valence-corrected chi connectivity index (χ0v) is 8.47. The quantitative estimate of drug-likeness (QED) is 0.589. The Kier molecular flexibility index (Phi) is 3.37. The summed E-state index contributed by atoms with van der Waals surface area (Å²) in [6, 6.07) is 2.72. The molecule has 0 fully saturated rings. The highest BCUT2D eigenvalue weighted by atomic mass is 19.4. The molecule has 1 aromatic rings. The van der Waals surface area contributed by atoms with Crippen molar-refractivity contribution in [2.45, 2.75) is 6.18 Å². The average Bonchev–Trinajstić information content (AvgIpc) is 2.25. The van der Waals surface area contributed by atoms with E-state index in [0.717, 1.165) is 24.3 Å². The molecule has 0 unspecified atom stereocenters. The SMILES string of the molecule is C=CC(=O)c1cc(C(F)(F)F)ccc1OC. The molecule has 0 aliphatic carbocycles. The molecule has 0 radical (unpaired) electrons. The van der Waals surface area contributed by atoms with Gasteiger partial charge in [0.1, 0.15) is 5.75 Å². The molecule has 0 atom stereocenters. The number of carbonyl (C=O) groups excluding carboxylic acids is 1. The van der Waals surface area contributed by atoms with E-state index >= 15 is 0 Å². The number of ether oxygens (including phenoxy) is 1. The largest absolute Gasteiger partial charge is 0.496 e. The molecule has 0 bridgehead atoms. The Hall–Kier alpha value is -1.78. The third-order valence-electron chi connectivity index (χ3n) is 1.98. The smallest absolute Gasteiger partial charge is 0.416 e. The van der Waals surface area contributed by atoms with E-state index in [0.29, 0.717) is 0 Å². The minimum atomic E-state index is -4.48. The maximum absolute atomic E-state index is 12.4. The number of alkyl halides is 3. The van der Waals surface area contributed by atoms with Gasteiger partial charge >= 0.3 is 6.18 Å². The first-order chi connectivity index (χ1) is 7.40. The van der Waals surface area contributed by atoms with Crippen LogP contribution >= 0.6 is 0 Å². The highest BCUT2D eigenvalue weighted by molar-refractivity contribution is 6.06. The van der Waals surface area contributed by atoms with Crippen LogP contribution in [0.4, 0.5) is 13.2 Å². The lowest BCUT2D eigenvalue weighted by Gasteiger charge is -2.10. The average molecular weight is 230 g/mol. The summed E-state index contributed by atoms with van der Waals surface area (Å²) < 4.78 is 42.0. The van der Waals surface area contributed by atoms with Crippen LogP contribution in [-0.4, -0.2) is 12.9 Å². The van der Waals surface area contributed by atoms with Gasteiger partial charge in [0, 0.05) is 0 Å². The molecule has 0 N–H and O–H groups in total. The fraction of sp³-hybridized carbons (Fsp3) is 0.182. The van der Waals surface area contributed by atoms with Crippen LogP contribution in [0.2, 0.25) is 0 Å². The third-order valence-corrected chi connectivity index (χ3v) is 1.98. The lowest BCUT2D eigenvalue weighted by molar-refractivity contribution is -0.137. The molecular weight excluding hydrogens is 221 g/mol. The van der Waals surface area contributed by atoms with Gasteiger partial charge in [-0.25, -0.2) is 0 Å². The lowest BCUT2D eigenvalue weighted by atomic mass is 10.1. The van der Waals surface area contributed by atoms with Gasteiger partial charge in [-0.1, -0.05) is 6.58 Å². The Morgan fingerprint density at radius 3 is 2.50 bits per heavy atom. The van der Waals surface area contributed by atoms with E-state index in [1.54, 1.807) is 0 Å². The minimum Gasteiger partial charge on any atom is -0.496 e. The Balaban J connectivity index is 3.32. The summed E-state index contributed by atoms with van der Waals surface area (Å²) in [6.45, 7) is 3.22. The first-order valence-corrected chi connectivity index (χ1v) is 4.32. The number of benzene rings is 1. The standard InChI is InChI=1S/C11H9F3O2/c1-3-9(15)8-6-7(11(12,13)14)4-5-10(8)16-2/h3-6H,1H2,2H3. The monoisotopic (exact) mass is 230 g/mol. The van der Waals surface area contributed by atoms with Gasteiger partial charge in [0.25, 0.3) is 0 Å². The number of rotatable bonds is 3. The summed E-state index contributed by atoms with van der Waals surface area (Å²) in [4.78, 5) is 11.3. The van der Waals surface area contributed by atoms with Gasteiger partial charge in [-0.15, -0.1) is 0 Å². The first-order valence-electron chi connectivity index (χ1n) is 4.32. The van der Waals surface area contributed by atoms with Gasteiger partial charge in [0.15, 0.2) is 5.78 Å². The van der Waals surface area contributed by atoms with Crippen LogP contribution in [-0.2, 0) is 6.18 Å². The maximum Gasteiger partial charge on any atom is 0.416 e. The van der Waals surface area contributed by atoms with Crippen molar-refractivity contribution in [2.24, 2.45) is 0 Å². The second kappa shape index (κ2) is 4.38. The van der Waals surface area contributed by atoms with E-state index in [4.69, 9.17) is 4.74 Å². The van der Waals surface area contributed by atoms with Gasteiger partial charge < -0.3 is 4.74 Å². The van der Waals surface area contributed by atoms with E-state index in [1.165, 1.54) is 7.11 Å². The predicted octanol–water partition coefficient (Wildman–Crippen LogP) is 3.08. The van der Waals surface area contributed by atoms with Gasteiger partial charge in [-0.05, 0) is 24.3 Å². The number of hydrogen-bond donors (Lipinski definition) is 0. The Morgan fingerprint density at radius 2 is 2.06 bits per heavy atom. The second-order valence-corrected chi connectivity index (χ2v) is 2.98. The van der Waals surface area contributed by atoms with Crippen molar-refractivity contribution in [3.8, 4) is 5.75 Å². The van der Waals surface area contributed by atoms with Gasteiger partial charge in [-0.2, -0.15) is 13.2 Å². The molecule has 5 heteroatoms. The molecule has 0 aliphatic heterocycles. The number of allylic oxidation sites excluding steroid dienone is 1. The number of halogens is 3. The van der Waals surface area contributed by atoms with Gasteiger partial charge in [0.2, 0.25) is 0 Å². The molecule has 0 aromatic heterocycles. The third kappa shape index (κ3) is 2.42. The van der Waals surface area contributed by atoms with Gasteiger partial charge in [-0.3, -0.25) is 4.79 Å². The van der Waals surface area contributed by atoms with E-state index in [-0.39, 0.29) is 11.3 Å². The molecule has 1 aromatic carbocycles. The van der Waals surface area contributed by atoms with Crippen molar-refractivity contribution in [1.82, 2.24) is 0 Å². The van der Waals surface area contributed by atoms with Crippen LogP contribution < -0.4 is 4.74 Å². The minimum absolute atomic E-state index is 0.0953. The molecule has 16 heavy (non-hydrogen) atoms. The van der Waals surface area contributed by atoms with Crippen LogP contribution in [0, 0.1) is 0 Å². The van der Waals surface area contributed by atoms with E-state index in [2.05, 4.69) is 6.58 Å².